The number of hydrogen-bond acceptors (Lipinski definition) is 5. The fourth-order valence-corrected chi connectivity index (χ4v) is 3.13. The quantitative estimate of drug-likeness (QED) is 0.801. The SMILES string of the molecule is CCn1ccnc1N1CCN(CC(=O)Nc2ccc(C(C)=O)cc2)CC1. The predicted octanol–water partition coefficient (Wildman–Crippen LogP) is 1.87. The average molecular weight is 355 g/mol. The van der Waals surface area contributed by atoms with E-state index >= 15 is 0 Å². The highest BCUT2D eigenvalue weighted by molar-refractivity contribution is 5.96. The van der Waals surface area contributed by atoms with Crippen molar-refractivity contribution in [3.63, 3.8) is 0 Å². The number of aryl methyl sites for hydroxylation is 1. The van der Waals surface area contributed by atoms with Gasteiger partial charge < -0.3 is 14.8 Å². The van der Waals surface area contributed by atoms with E-state index in [1.54, 1.807) is 24.3 Å². The topological polar surface area (TPSA) is 70.5 Å². The molecule has 0 unspecified atom stereocenters. The molecule has 1 N–H and O–H groups in total. The molecule has 2 aromatic rings. The van der Waals surface area contributed by atoms with Gasteiger partial charge in [-0.15, -0.1) is 0 Å². The Kier molecular flexibility index (Phi) is 5.68. The van der Waals surface area contributed by atoms with Gasteiger partial charge in [0, 0.05) is 56.4 Å². The molecule has 2 heterocycles. The van der Waals surface area contributed by atoms with Gasteiger partial charge in [0.1, 0.15) is 0 Å². The monoisotopic (exact) mass is 355 g/mol. The van der Waals surface area contributed by atoms with Crippen LogP contribution in [0.4, 0.5) is 11.6 Å². The number of aromatic nitrogens is 2. The van der Waals surface area contributed by atoms with Gasteiger partial charge in [-0.3, -0.25) is 14.5 Å². The Labute approximate surface area is 153 Å². The summed E-state index contributed by atoms with van der Waals surface area (Å²) in [5.41, 5.74) is 1.35. The van der Waals surface area contributed by atoms with Gasteiger partial charge in [-0.2, -0.15) is 0 Å². The van der Waals surface area contributed by atoms with Gasteiger partial charge in [0.15, 0.2) is 5.78 Å². The van der Waals surface area contributed by atoms with Gasteiger partial charge in [0.25, 0.3) is 0 Å². The number of benzene rings is 1. The van der Waals surface area contributed by atoms with E-state index in [2.05, 4.69) is 31.6 Å². The second-order valence-corrected chi connectivity index (χ2v) is 6.46. The van der Waals surface area contributed by atoms with Gasteiger partial charge >= 0.3 is 0 Å². The lowest BCUT2D eigenvalue weighted by atomic mass is 10.1. The first-order valence-electron chi connectivity index (χ1n) is 8.96. The van der Waals surface area contributed by atoms with E-state index in [1.807, 2.05) is 12.4 Å². The maximum Gasteiger partial charge on any atom is 0.238 e. The number of nitrogens with one attached hydrogen (secondary N) is 1. The standard InChI is InChI=1S/C19H25N5O2/c1-3-23-9-8-20-19(23)24-12-10-22(11-13-24)14-18(26)21-17-6-4-16(5-7-17)15(2)25/h4-9H,3,10-14H2,1-2H3,(H,21,26). The van der Waals surface area contributed by atoms with Crippen molar-refractivity contribution in [3.05, 3.63) is 42.2 Å². The predicted molar refractivity (Wildman–Crippen MR) is 102 cm³/mol. The molecule has 1 aliphatic rings. The number of anilines is 2. The molecule has 0 radical (unpaired) electrons. The number of ketones is 1. The van der Waals surface area contributed by atoms with Gasteiger partial charge in [0.2, 0.25) is 11.9 Å². The highest BCUT2D eigenvalue weighted by Crippen LogP contribution is 2.15. The maximum atomic E-state index is 12.3. The average Bonchev–Trinajstić information content (AvgIpc) is 3.11. The van der Waals surface area contributed by atoms with Crippen LogP contribution in [0.2, 0.25) is 0 Å². The molecule has 3 rings (SSSR count). The highest BCUT2D eigenvalue weighted by Gasteiger charge is 2.21. The van der Waals surface area contributed by atoms with Crippen LogP contribution < -0.4 is 10.2 Å². The van der Waals surface area contributed by atoms with E-state index in [9.17, 15) is 9.59 Å². The highest BCUT2D eigenvalue weighted by atomic mass is 16.2. The third-order valence-electron chi connectivity index (χ3n) is 4.63. The summed E-state index contributed by atoms with van der Waals surface area (Å²) in [6.45, 7) is 8.27. The molecule has 0 saturated carbocycles. The second kappa shape index (κ2) is 8.14. The molecule has 1 aromatic carbocycles. The molecule has 26 heavy (non-hydrogen) atoms. The summed E-state index contributed by atoms with van der Waals surface area (Å²) in [4.78, 5) is 32.4. The Balaban J connectivity index is 1.48. The molecule has 1 aliphatic heterocycles. The summed E-state index contributed by atoms with van der Waals surface area (Å²) in [6, 6.07) is 6.98. The van der Waals surface area contributed by atoms with Crippen LogP contribution >= 0.6 is 0 Å². The van der Waals surface area contributed by atoms with Crippen molar-refractivity contribution in [2.45, 2.75) is 20.4 Å². The zero-order valence-electron chi connectivity index (χ0n) is 15.3. The lowest BCUT2D eigenvalue weighted by Crippen LogP contribution is -2.49. The van der Waals surface area contributed by atoms with Gasteiger partial charge in [-0.05, 0) is 38.1 Å². The Morgan fingerprint density at radius 3 is 2.42 bits per heavy atom. The van der Waals surface area contributed by atoms with Crippen molar-refractivity contribution < 1.29 is 9.59 Å². The first-order valence-corrected chi connectivity index (χ1v) is 8.96. The molecule has 1 fully saturated rings. The lowest BCUT2D eigenvalue weighted by molar-refractivity contribution is -0.117. The van der Waals surface area contributed by atoms with Crippen LogP contribution in [-0.4, -0.2) is 58.9 Å². The number of imidazole rings is 1. The van der Waals surface area contributed by atoms with Crippen molar-refractivity contribution in [3.8, 4) is 0 Å². The maximum absolute atomic E-state index is 12.3. The number of nitrogens with zero attached hydrogens (tertiary/aromatic N) is 4. The Morgan fingerprint density at radius 2 is 1.81 bits per heavy atom. The fraction of sp³-hybridized carbons (Fsp3) is 0.421. The Hall–Kier alpha value is -2.67. The van der Waals surface area contributed by atoms with Crippen LogP contribution in [0.15, 0.2) is 36.7 Å². The summed E-state index contributed by atoms with van der Waals surface area (Å²) in [7, 11) is 0. The van der Waals surface area contributed by atoms with Crippen molar-refractivity contribution in [1.29, 1.82) is 0 Å². The van der Waals surface area contributed by atoms with Gasteiger partial charge in [-0.25, -0.2) is 4.98 Å². The number of Topliss-reactive ketones (excluding diaryl/α,β-unsaturated/α-hetero) is 1. The number of amides is 1. The van der Waals surface area contributed by atoms with E-state index in [0.29, 0.717) is 17.8 Å². The van der Waals surface area contributed by atoms with Crippen LogP contribution in [-0.2, 0) is 11.3 Å². The van der Waals surface area contributed by atoms with E-state index in [0.717, 1.165) is 38.7 Å². The zero-order chi connectivity index (χ0) is 18.5. The lowest BCUT2D eigenvalue weighted by Gasteiger charge is -2.35. The van der Waals surface area contributed by atoms with E-state index < -0.39 is 0 Å². The van der Waals surface area contributed by atoms with Crippen molar-refractivity contribution in [2.75, 3.05) is 42.9 Å². The number of hydrogen-bond donors (Lipinski definition) is 1. The second-order valence-electron chi connectivity index (χ2n) is 6.46. The summed E-state index contributed by atoms with van der Waals surface area (Å²) in [5, 5.41) is 2.89. The molecule has 0 spiro atoms. The summed E-state index contributed by atoms with van der Waals surface area (Å²) in [6.07, 6.45) is 3.82. The van der Waals surface area contributed by atoms with Crippen molar-refractivity contribution in [1.82, 2.24) is 14.5 Å². The molecule has 1 aromatic heterocycles. The molecule has 1 saturated heterocycles. The molecular weight excluding hydrogens is 330 g/mol. The molecule has 0 bridgehead atoms. The van der Waals surface area contributed by atoms with Crippen molar-refractivity contribution >= 4 is 23.3 Å². The Bertz CT molecular complexity index is 760. The largest absolute Gasteiger partial charge is 0.340 e. The minimum absolute atomic E-state index is 0.0180. The molecule has 7 heteroatoms. The molecule has 0 aliphatic carbocycles. The summed E-state index contributed by atoms with van der Waals surface area (Å²) in [5.74, 6) is 0.982. The zero-order valence-corrected chi connectivity index (χ0v) is 15.3. The summed E-state index contributed by atoms with van der Waals surface area (Å²) >= 11 is 0. The Morgan fingerprint density at radius 1 is 1.12 bits per heavy atom. The number of carbonyl (C=O) groups excluding carboxylic acids is 2. The molecule has 138 valence electrons. The minimum atomic E-state index is -0.0379. The molecule has 1 amide bonds. The molecular formula is C19H25N5O2. The number of piperazine rings is 1. The third-order valence-corrected chi connectivity index (χ3v) is 4.63. The first kappa shape index (κ1) is 18.1. The molecule has 0 atom stereocenters. The fourth-order valence-electron chi connectivity index (χ4n) is 3.13. The first-order chi connectivity index (χ1) is 12.6. The molecule has 7 nitrogen and oxygen atoms in total. The van der Waals surface area contributed by atoms with Crippen LogP contribution in [0.5, 0.6) is 0 Å². The van der Waals surface area contributed by atoms with Crippen LogP contribution in [0.1, 0.15) is 24.2 Å². The number of carbonyl (C=O) groups is 2. The van der Waals surface area contributed by atoms with E-state index in [-0.39, 0.29) is 11.7 Å². The van der Waals surface area contributed by atoms with Gasteiger partial charge in [-0.1, -0.05) is 0 Å². The summed E-state index contributed by atoms with van der Waals surface area (Å²) < 4.78 is 2.13. The van der Waals surface area contributed by atoms with E-state index in [4.69, 9.17) is 0 Å². The smallest absolute Gasteiger partial charge is 0.238 e. The van der Waals surface area contributed by atoms with E-state index in [1.165, 1.54) is 6.92 Å². The van der Waals surface area contributed by atoms with Crippen LogP contribution in [0.3, 0.4) is 0 Å². The van der Waals surface area contributed by atoms with Crippen molar-refractivity contribution in [2.24, 2.45) is 0 Å². The van der Waals surface area contributed by atoms with Crippen LogP contribution in [0.25, 0.3) is 0 Å². The van der Waals surface area contributed by atoms with Gasteiger partial charge in [0.05, 0.1) is 6.54 Å². The van der Waals surface area contributed by atoms with Crippen LogP contribution in [0, 0.1) is 0 Å². The third kappa shape index (κ3) is 4.29. The normalized spacial score (nSPS) is 15.1. The number of rotatable bonds is 6. The minimum Gasteiger partial charge on any atom is -0.340 e.